The highest BCUT2D eigenvalue weighted by Crippen LogP contribution is 2.41. The van der Waals surface area contributed by atoms with Crippen LogP contribution >= 0.6 is 0 Å². The maximum absolute atomic E-state index is 12.5. The summed E-state index contributed by atoms with van der Waals surface area (Å²) in [5.41, 5.74) is 2.35. The SMILES string of the molecule is COc1ccc(C(NC(=O)CN(C)CCOc2ccc(C)cc2)C2CC2)cc1. The molecular weight excluding hydrogens is 352 g/mol. The molecule has 5 nitrogen and oxygen atoms in total. The molecule has 0 saturated heterocycles. The third-order valence-corrected chi connectivity index (χ3v) is 5.06. The van der Waals surface area contributed by atoms with Crippen LogP contribution in [0.5, 0.6) is 11.5 Å². The number of likely N-dealkylation sites (N-methyl/N-ethyl adjacent to an activating group) is 1. The number of benzene rings is 2. The van der Waals surface area contributed by atoms with Gasteiger partial charge in [0.1, 0.15) is 18.1 Å². The molecule has 2 aromatic rings. The molecule has 1 fully saturated rings. The molecule has 150 valence electrons. The first-order valence-corrected chi connectivity index (χ1v) is 9.86. The van der Waals surface area contributed by atoms with E-state index >= 15 is 0 Å². The lowest BCUT2D eigenvalue weighted by molar-refractivity contribution is -0.122. The van der Waals surface area contributed by atoms with Crippen molar-refractivity contribution in [3.63, 3.8) is 0 Å². The minimum Gasteiger partial charge on any atom is -0.497 e. The predicted octanol–water partition coefficient (Wildman–Crippen LogP) is 3.58. The highest BCUT2D eigenvalue weighted by Gasteiger charge is 2.33. The van der Waals surface area contributed by atoms with Gasteiger partial charge in [-0.15, -0.1) is 0 Å². The summed E-state index contributed by atoms with van der Waals surface area (Å²) in [5.74, 6) is 2.27. The predicted molar refractivity (Wildman–Crippen MR) is 111 cm³/mol. The van der Waals surface area contributed by atoms with E-state index in [1.807, 2.05) is 60.5 Å². The topological polar surface area (TPSA) is 50.8 Å². The Balaban J connectivity index is 1.45. The smallest absolute Gasteiger partial charge is 0.234 e. The molecule has 3 rings (SSSR count). The molecule has 1 saturated carbocycles. The fourth-order valence-electron chi connectivity index (χ4n) is 3.21. The first-order chi connectivity index (χ1) is 13.5. The van der Waals surface area contributed by atoms with E-state index in [0.29, 0.717) is 25.6 Å². The van der Waals surface area contributed by atoms with Gasteiger partial charge in [-0.1, -0.05) is 29.8 Å². The Labute approximate surface area is 167 Å². The van der Waals surface area contributed by atoms with Crippen molar-refractivity contribution < 1.29 is 14.3 Å². The molecular formula is C23H30N2O3. The average Bonchev–Trinajstić information content (AvgIpc) is 3.53. The van der Waals surface area contributed by atoms with E-state index in [2.05, 4.69) is 12.2 Å². The van der Waals surface area contributed by atoms with Crippen LogP contribution in [0.2, 0.25) is 0 Å². The molecule has 1 unspecified atom stereocenters. The van der Waals surface area contributed by atoms with Crippen molar-refractivity contribution in [2.24, 2.45) is 5.92 Å². The van der Waals surface area contributed by atoms with Crippen LogP contribution < -0.4 is 14.8 Å². The van der Waals surface area contributed by atoms with E-state index in [-0.39, 0.29) is 11.9 Å². The third kappa shape index (κ3) is 5.99. The van der Waals surface area contributed by atoms with Crippen LogP contribution in [0, 0.1) is 12.8 Å². The molecule has 1 N–H and O–H groups in total. The van der Waals surface area contributed by atoms with E-state index in [0.717, 1.165) is 29.9 Å². The number of ether oxygens (including phenoxy) is 2. The van der Waals surface area contributed by atoms with Gasteiger partial charge in [-0.2, -0.15) is 0 Å². The van der Waals surface area contributed by atoms with Gasteiger partial charge < -0.3 is 14.8 Å². The van der Waals surface area contributed by atoms with E-state index in [9.17, 15) is 4.79 Å². The zero-order valence-electron chi connectivity index (χ0n) is 17.0. The highest BCUT2D eigenvalue weighted by atomic mass is 16.5. The number of hydrogen-bond acceptors (Lipinski definition) is 4. The van der Waals surface area contributed by atoms with Crippen LogP contribution in [0.1, 0.15) is 30.0 Å². The number of methoxy groups -OCH3 is 1. The second kappa shape index (κ2) is 9.60. The van der Waals surface area contributed by atoms with Gasteiger partial charge in [-0.25, -0.2) is 0 Å². The van der Waals surface area contributed by atoms with Crippen molar-refractivity contribution in [3.8, 4) is 11.5 Å². The summed E-state index contributed by atoms with van der Waals surface area (Å²) < 4.78 is 11.0. The number of carbonyl (C=O) groups excluding carboxylic acids is 1. The minimum atomic E-state index is 0.0468. The fraction of sp³-hybridized carbons (Fsp3) is 0.435. The molecule has 0 heterocycles. The van der Waals surface area contributed by atoms with Crippen molar-refractivity contribution in [2.75, 3.05) is 33.9 Å². The maximum atomic E-state index is 12.5. The molecule has 0 aliphatic heterocycles. The standard InChI is InChI=1S/C23H30N2O3/c1-17-4-10-21(11-5-17)28-15-14-25(2)16-22(26)24-23(18-6-7-18)19-8-12-20(27-3)13-9-19/h4-5,8-13,18,23H,6-7,14-16H2,1-3H3,(H,24,26). The Bertz CT molecular complexity index is 754. The third-order valence-electron chi connectivity index (χ3n) is 5.06. The van der Waals surface area contributed by atoms with Gasteiger partial charge >= 0.3 is 0 Å². The van der Waals surface area contributed by atoms with Crippen molar-refractivity contribution in [2.45, 2.75) is 25.8 Å². The largest absolute Gasteiger partial charge is 0.497 e. The maximum Gasteiger partial charge on any atom is 0.234 e. The van der Waals surface area contributed by atoms with Gasteiger partial charge in [0.05, 0.1) is 19.7 Å². The van der Waals surface area contributed by atoms with Gasteiger partial charge in [0.2, 0.25) is 5.91 Å². The number of nitrogens with zero attached hydrogens (tertiary/aromatic N) is 1. The van der Waals surface area contributed by atoms with E-state index < -0.39 is 0 Å². The Hall–Kier alpha value is -2.53. The van der Waals surface area contributed by atoms with Crippen molar-refractivity contribution in [1.29, 1.82) is 0 Å². The number of nitrogens with one attached hydrogen (secondary N) is 1. The zero-order chi connectivity index (χ0) is 19.9. The highest BCUT2D eigenvalue weighted by molar-refractivity contribution is 5.78. The second-order valence-corrected chi connectivity index (χ2v) is 7.56. The number of hydrogen-bond donors (Lipinski definition) is 1. The lowest BCUT2D eigenvalue weighted by Crippen LogP contribution is -2.39. The first kappa shape index (κ1) is 20.2. The summed E-state index contributed by atoms with van der Waals surface area (Å²) in [5, 5.41) is 3.22. The van der Waals surface area contributed by atoms with Gasteiger partial charge in [0.15, 0.2) is 0 Å². The Kier molecular flexibility index (Phi) is 6.93. The van der Waals surface area contributed by atoms with E-state index in [4.69, 9.17) is 9.47 Å². The van der Waals surface area contributed by atoms with Crippen molar-refractivity contribution in [3.05, 3.63) is 59.7 Å². The summed E-state index contributed by atoms with van der Waals surface area (Å²) in [4.78, 5) is 14.5. The molecule has 1 aliphatic rings. The fourth-order valence-corrected chi connectivity index (χ4v) is 3.21. The molecule has 0 aromatic heterocycles. The molecule has 0 bridgehead atoms. The Morgan fingerprint density at radius 3 is 2.36 bits per heavy atom. The summed E-state index contributed by atoms with van der Waals surface area (Å²) >= 11 is 0. The van der Waals surface area contributed by atoms with Gasteiger partial charge in [-0.05, 0) is 62.6 Å². The monoisotopic (exact) mass is 382 g/mol. The van der Waals surface area contributed by atoms with Gasteiger partial charge in [0.25, 0.3) is 0 Å². The van der Waals surface area contributed by atoms with Crippen molar-refractivity contribution >= 4 is 5.91 Å². The molecule has 1 atom stereocenters. The minimum absolute atomic E-state index is 0.0468. The van der Waals surface area contributed by atoms with Gasteiger partial charge in [-0.3, -0.25) is 9.69 Å². The molecule has 28 heavy (non-hydrogen) atoms. The lowest BCUT2D eigenvalue weighted by atomic mass is 10.0. The lowest BCUT2D eigenvalue weighted by Gasteiger charge is -2.22. The number of carbonyl (C=O) groups is 1. The van der Waals surface area contributed by atoms with Gasteiger partial charge in [0, 0.05) is 6.54 Å². The van der Waals surface area contributed by atoms with E-state index in [1.165, 1.54) is 5.56 Å². The normalized spacial score (nSPS) is 14.6. The van der Waals surface area contributed by atoms with Crippen LogP contribution in [-0.4, -0.2) is 44.7 Å². The molecule has 0 radical (unpaired) electrons. The summed E-state index contributed by atoms with van der Waals surface area (Å²) in [6.45, 7) is 3.66. The molecule has 0 spiro atoms. The number of aryl methyl sites for hydroxylation is 1. The first-order valence-electron chi connectivity index (χ1n) is 9.86. The Morgan fingerprint density at radius 2 is 1.75 bits per heavy atom. The molecule has 5 heteroatoms. The Morgan fingerprint density at radius 1 is 1.11 bits per heavy atom. The van der Waals surface area contributed by atoms with Crippen molar-refractivity contribution in [1.82, 2.24) is 10.2 Å². The second-order valence-electron chi connectivity index (χ2n) is 7.56. The molecule has 2 aromatic carbocycles. The summed E-state index contributed by atoms with van der Waals surface area (Å²) in [6.07, 6.45) is 2.33. The summed E-state index contributed by atoms with van der Waals surface area (Å²) in [6, 6.07) is 16.1. The number of rotatable bonds is 10. The number of amides is 1. The quantitative estimate of drug-likeness (QED) is 0.682. The van der Waals surface area contributed by atoms with Crippen LogP contribution in [-0.2, 0) is 4.79 Å². The molecule has 1 amide bonds. The van der Waals surface area contributed by atoms with E-state index in [1.54, 1.807) is 7.11 Å². The van der Waals surface area contributed by atoms with Crippen LogP contribution in [0.25, 0.3) is 0 Å². The zero-order valence-corrected chi connectivity index (χ0v) is 17.0. The van der Waals surface area contributed by atoms with Crippen LogP contribution in [0.15, 0.2) is 48.5 Å². The average molecular weight is 383 g/mol. The molecule has 1 aliphatic carbocycles. The summed E-state index contributed by atoms with van der Waals surface area (Å²) in [7, 11) is 3.60. The van der Waals surface area contributed by atoms with Crippen LogP contribution in [0.3, 0.4) is 0 Å². The van der Waals surface area contributed by atoms with Crippen LogP contribution in [0.4, 0.5) is 0 Å².